The lowest BCUT2D eigenvalue weighted by Gasteiger charge is -2.15. The van der Waals surface area contributed by atoms with Gasteiger partial charge in [-0.1, -0.05) is 36.8 Å². The molecule has 2 rings (SSSR count). The standard InChI is InChI=1S/C19H22O3/c1-5-15-7-6-8-16(19(20)21-4)17(15)12-22-18-10-9-13(2)11-14(18)3/h6-11H,5,12H2,1-4H3. The van der Waals surface area contributed by atoms with Crippen LogP contribution in [0.4, 0.5) is 0 Å². The highest BCUT2D eigenvalue weighted by Crippen LogP contribution is 2.23. The second-order valence-electron chi connectivity index (χ2n) is 5.35. The predicted molar refractivity (Wildman–Crippen MR) is 87.4 cm³/mol. The summed E-state index contributed by atoms with van der Waals surface area (Å²) in [7, 11) is 1.40. The van der Waals surface area contributed by atoms with E-state index in [-0.39, 0.29) is 5.97 Å². The third kappa shape index (κ3) is 3.48. The van der Waals surface area contributed by atoms with E-state index in [2.05, 4.69) is 19.9 Å². The molecule has 0 radical (unpaired) electrons. The molecule has 0 spiro atoms. The molecule has 0 aliphatic heterocycles. The number of benzene rings is 2. The summed E-state index contributed by atoms with van der Waals surface area (Å²) in [5, 5.41) is 0. The largest absolute Gasteiger partial charge is 0.489 e. The van der Waals surface area contributed by atoms with Crippen molar-refractivity contribution >= 4 is 5.97 Å². The average Bonchev–Trinajstić information content (AvgIpc) is 2.53. The third-order valence-corrected chi connectivity index (χ3v) is 3.76. The molecule has 22 heavy (non-hydrogen) atoms. The van der Waals surface area contributed by atoms with Crippen molar-refractivity contribution in [3.63, 3.8) is 0 Å². The van der Waals surface area contributed by atoms with Crippen LogP contribution in [0.2, 0.25) is 0 Å². The van der Waals surface area contributed by atoms with Crippen molar-refractivity contribution in [3.8, 4) is 5.75 Å². The summed E-state index contributed by atoms with van der Waals surface area (Å²) < 4.78 is 10.8. The van der Waals surface area contributed by atoms with Crippen LogP contribution in [0.5, 0.6) is 5.75 Å². The maximum Gasteiger partial charge on any atom is 0.338 e. The molecule has 0 saturated heterocycles. The summed E-state index contributed by atoms with van der Waals surface area (Å²) in [5.74, 6) is 0.516. The number of aryl methyl sites for hydroxylation is 3. The van der Waals surface area contributed by atoms with E-state index in [1.54, 1.807) is 6.07 Å². The van der Waals surface area contributed by atoms with Gasteiger partial charge < -0.3 is 9.47 Å². The van der Waals surface area contributed by atoms with Gasteiger partial charge in [-0.15, -0.1) is 0 Å². The minimum atomic E-state index is -0.325. The zero-order chi connectivity index (χ0) is 16.1. The highest BCUT2D eigenvalue weighted by molar-refractivity contribution is 5.91. The van der Waals surface area contributed by atoms with Crippen LogP contribution in [-0.2, 0) is 17.8 Å². The topological polar surface area (TPSA) is 35.5 Å². The first kappa shape index (κ1) is 16.1. The van der Waals surface area contributed by atoms with Crippen LogP contribution in [-0.4, -0.2) is 13.1 Å². The van der Waals surface area contributed by atoms with Gasteiger partial charge in [0.05, 0.1) is 12.7 Å². The third-order valence-electron chi connectivity index (χ3n) is 3.76. The van der Waals surface area contributed by atoms with E-state index >= 15 is 0 Å². The molecule has 116 valence electrons. The van der Waals surface area contributed by atoms with Gasteiger partial charge in [-0.2, -0.15) is 0 Å². The highest BCUT2D eigenvalue weighted by atomic mass is 16.5. The molecule has 0 heterocycles. The molecule has 0 N–H and O–H groups in total. The van der Waals surface area contributed by atoms with Crippen LogP contribution < -0.4 is 4.74 Å². The number of hydrogen-bond donors (Lipinski definition) is 0. The van der Waals surface area contributed by atoms with Gasteiger partial charge in [0.15, 0.2) is 0 Å². The Morgan fingerprint density at radius 1 is 1.14 bits per heavy atom. The molecule has 0 bridgehead atoms. The van der Waals surface area contributed by atoms with Crippen LogP contribution in [0.1, 0.15) is 39.5 Å². The van der Waals surface area contributed by atoms with E-state index in [1.807, 2.05) is 31.2 Å². The SMILES string of the molecule is CCc1cccc(C(=O)OC)c1COc1ccc(C)cc1C. The number of ether oxygens (including phenoxy) is 2. The fraction of sp³-hybridized carbons (Fsp3) is 0.316. The molecule has 0 aliphatic rings. The van der Waals surface area contributed by atoms with Crippen molar-refractivity contribution in [2.24, 2.45) is 0 Å². The van der Waals surface area contributed by atoms with Crippen LogP contribution in [0.3, 0.4) is 0 Å². The molecule has 0 amide bonds. The van der Waals surface area contributed by atoms with Crippen LogP contribution in [0.15, 0.2) is 36.4 Å². The molecule has 0 aliphatic carbocycles. The Morgan fingerprint density at radius 3 is 2.55 bits per heavy atom. The summed E-state index contributed by atoms with van der Waals surface area (Å²) in [6, 6.07) is 11.8. The Kier molecular flexibility index (Phi) is 5.21. The zero-order valence-electron chi connectivity index (χ0n) is 13.6. The minimum Gasteiger partial charge on any atom is -0.489 e. The molecule has 0 atom stereocenters. The summed E-state index contributed by atoms with van der Waals surface area (Å²) in [4.78, 5) is 11.9. The number of methoxy groups -OCH3 is 1. The van der Waals surface area contributed by atoms with Crippen molar-refractivity contribution < 1.29 is 14.3 Å². The van der Waals surface area contributed by atoms with Gasteiger partial charge in [-0.05, 0) is 43.5 Å². The average molecular weight is 298 g/mol. The van der Waals surface area contributed by atoms with Gasteiger partial charge in [0.2, 0.25) is 0 Å². The number of hydrogen-bond acceptors (Lipinski definition) is 3. The molecule has 2 aromatic rings. The zero-order valence-corrected chi connectivity index (χ0v) is 13.6. The van der Waals surface area contributed by atoms with Crippen molar-refractivity contribution in [2.45, 2.75) is 33.8 Å². The molecule has 3 heteroatoms. The predicted octanol–water partition coefficient (Wildman–Crippen LogP) is 4.23. The van der Waals surface area contributed by atoms with Gasteiger partial charge in [-0.25, -0.2) is 4.79 Å². The van der Waals surface area contributed by atoms with E-state index in [0.717, 1.165) is 28.9 Å². The van der Waals surface area contributed by atoms with Crippen molar-refractivity contribution in [2.75, 3.05) is 7.11 Å². The normalized spacial score (nSPS) is 10.4. The second-order valence-corrected chi connectivity index (χ2v) is 5.35. The van der Waals surface area contributed by atoms with Crippen molar-refractivity contribution in [1.82, 2.24) is 0 Å². The van der Waals surface area contributed by atoms with Crippen LogP contribution >= 0.6 is 0 Å². The summed E-state index contributed by atoms with van der Waals surface area (Å²) >= 11 is 0. The summed E-state index contributed by atoms with van der Waals surface area (Å²) in [5.41, 5.74) is 4.87. The first-order valence-corrected chi connectivity index (χ1v) is 7.46. The number of carbonyl (C=O) groups excluding carboxylic acids is 1. The molecule has 0 saturated carbocycles. The van der Waals surface area contributed by atoms with Gasteiger partial charge >= 0.3 is 5.97 Å². The van der Waals surface area contributed by atoms with Gasteiger partial charge in [0.1, 0.15) is 12.4 Å². The van der Waals surface area contributed by atoms with Gasteiger partial charge in [0, 0.05) is 5.56 Å². The monoisotopic (exact) mass is 298 g/mol. The van der Waals surface area contributed by atoms with E-state index in [1.165, 1.54) is 12.7 Å². The van der Waals surface area contributed by atoms with E-state index in [9.17, 15) is 4.79 Å². The Hall–Kier alpha value is -2.29. The molecule has 3 nitrogen and oxygen atoms in total. The minimum absolute atomic E-state index is 0.325. The number of carbonyl (C=O) groups is 1. The summed E-state index contributed by atoms with van der Waals surface area (Å²) in [6.45, 7) is 6.50. The van der Waals surface area contributed by atoms with E-state index in [4.69, 9.17) is 9.47 Å². The molecule has 0 unspecified atom stereocenters. The first-order valence-electron chi connectivity index (χ1n) is 7.46. The second kappa shape index (κ2) is 7.12. The Balaban J connectivity index is 2.30. The highest BCUT2D eigenvalue weighted by Gasteiger charge is 2.15. The molecular weight excluding hydrogens is 276 g/mol. The Bertz CT molecular complexity index is 674. The molecule has 0 fully saturated rings. The Labute approximate surface area is 131 Å². The van der Waals surface area contributed by atoms with Gasteiger partial charge in [0.25, 0.3) is 0 Å². The fourth-order valence-corrected chi connectivity index (χ4v) is 2.55. The Morgan fingerprint density at radius 2 is 1.91 bits per heavy atom. The first-order chi connectivity index (χ1) is 10.6. The van der Waals surface area contributed by atoms with Crippen LogP contribution in [0, 0.1) is 13.8 Å². The molecule has 0 aromatic heterocycles. The maximum atomic E-state index is 11.9. The quantitative estimate of drug-likeness (QED) is 0.775. The van der Waals surface area contributed by atoms with E-state index in [0.29, 0.717) is 12.2 Å². The smallest absolute Gasteiger partial charge is 0.338 e. The summed E-state index contributed by atoms with van der Waals surface area (Å²) in [6.07, 6.45) is 0.844. The number of rotatable bonds is 5. The van der Waals surface area contributed by atoms with Crippen molar-refractivity contribution in [3.05, 3.63) is 64.2 Å². The maximum absolute atomic E-state index is 11.9. The fourth-order valence-electron chi connectivity index (χ4n) is 2.55. The van der Waals surface area contributed by atoms with E-state index < -0.39 is 0 Å². The molecule has 2 aromatic carbocycles. The lowest BCUT2D eigenvalue weighted by atomic mass is 9.99. The lowest BCUT2D eigenvalue weighted by Crippen LogP contribution is -2.11. The van der Waals surface area contributed by atoms with Crippen molar-refractivity contribution in [1.29, 1.82) is 0 Å². The lowest BCUT2D eigenvalue weighted by molar-refractivity contribution is 0.0597. The molecular formula is C19H22O3. The van der Waals surface area contributed by atoms with Crippen LogP contribution in [0.25, 0.3) is 0 Å². The van der Waals surface area contributed by atoms with Gasteiger partial charge in [-0.3, -0.25) is 0 Å². The number of esters is 1.